The fraction of sp³-hybridized carbons (Fsp3) is 0.240. The molecule has 1 rings (SSSR count). The van der Waals surface area contributed by atoms with Crippen LogP contribution in [0.15, 0.2) is 43.8 Å². The van der Waals surface area contributed by atoms with E-state index in [9.17, 15) is 9.59 Å². The van der Waals surface area contributed by atoms with E-state index in [4.69, 9.17) is 41.3 Å². The quantitative estimate of drug-likeness (QED) is 0.172. The number of nitriles is 1. The number of carbonyl (C=O) groups excluding carboxylic acids is 2. The summed E-state index contributed by atoms with van der Waals surface area (Å²) in [5.41, 5.74) is 13.6. The van der Waals surface area contributed by atoms with Gasteiger partial charge < -0.3 is 21.3 Å². The molecule has 0 aliphatic heterocycles. The molecule has 1 aromatic heterocycles. The predicted molar refractivity (Wildman–Crippen MR) is 137 cm³/mol. The van der Waals surface area contributed by atoms with E-state index < -0.39 is 11.8 Å². The van der Waals surface area contributed by atoms with Crippen LogP contribution in [0.2, 0.25) is 0 Å². The minimum atomic E-state index is -0.697. The van der Waals surface area contributed by atoms with Crippen LogP contribution >= 0.6 is 0 Å². The number of nitrogens with zero attached hydrogens (tertiary/aromatic N) is 7. The van der Waals surface area contributed by atoms with E-state index in [1.807, 2.05) is 19.9 Å². The summed E-state index contributed by atoms with van der Waals surface area (Å²) < 4.78 is 1.57. The zero-order valence-electron chi connectivity index (χ0n) is 21.0. The molecule has 0 aliphatic carbocycles. The van der Waals surface area contributed by atoms with Crippen LogP contribution < -0.4 is 21.0 Å². The first kappa shape index (κ1) is 31.7. The van der Waals surface area contributed by atoms with Gasteiger partial charge in [-0.25, -0.2) is 14.5 Å². The van der Waals surface area contributed by atoms with Crippen molar-refractivity contribution in [2.75, 3.05) is 27.1 Å². The molecule has 0 unspecified atom stereocenters. The molecule has 0 saturated heterocycles. The van der Waals surface area contributed by atoms with Gasteiger partial charge in [0.15, 0.2) is 5.70 Å². The average molecular weight is 503 g/mol. The summed E-state index contributed by atoms with van der Waals surface area (Å²) in [4.78, 5) is 39.8. The SMILES string of the molecule is [C-]#[N+]C(=C)C(=O)N(CN)CN(CN)C(=O)C(=C)[N+]#[C-].[C-]#[N+]C(=C)c1cc(C(=C)C#N)c(C)[n+](OC)c1C. The van der Waals surface area contributed by atoms with Crippen LogP contribution in [0, 0.1) is 44.9 Å². The van der Waals surface area contributed by atoms with E-state index >= 15 is 0 Å². The Morgan fingerprint density at radius 3 is 1.73 bits per heavy atom. The van der Waals surface area contributed by atoms with Gasteiger partial charge >= 0.3 is 0 Å². The van der Waals surface area contributed by atoms with Crippen molar-refractivity contribution in [2.24, 2.45) is 11.5 Å². The Morgan fingerprint density at radius 2 is 1.41 bits per heavy atom. The normalized spacial score (nSPS) is 9.00. The number of hydrogen-bond acceptors (Lipinski definition) is 6. The maximum Gasteiger partial charge on any atom is 0.254 e. The molecular formula is C25H28N9O3+. The largest absolute Gasteiger partial charge is 0.318 e. The Hall–Kier alpha value is -5.27. The Kier molecular flexibility index (Phi) is 12.8. The van der Waals surface area contributed by atoms with Crippen molar-refractivity contribution in [2.45, 2.75) is 13.8 Å². The third-order valence-corrected chi connectivity index (χ3v) is 4.89. The fourth-order valence-electron chi connectivity index (χ4n) is 2.89. The van der Waals surface area contributed by atoms with Crippen LogP contribution in [-0.2, 0) is 9.59 Å². The molecule has 190 valence electrons. The zero-order chi connectivity index (χ0) is 28.9. The molecule has 0 aromatic carbocycles. The van der Waals surface area contributed by atoms with Gasteiger partial charge in [0.05, 0.1) is 62.5 Å². The second kappa shape index (κ2) is 14.9. The number of carbonyl (C=O) groups is 2. The summed E-state index contributed by atoms with van der Waals surface area (Å²) in [7, 11) is 1.53. The first-order valence-electron chi connectivity index (χ1n) is 10.3. The molecule has 0 fully saturated rings. The Balaban J connectivity index is 0.000000701. The highest BCUT2D eigenvalue weighted by Crippen LogP contribution is 2.23. The molecule has 1 heterocycles. The number of amides is 2. The lowest BCUT2D eigenvalue weighted by Gasteiger charge is -2.28. The molecule has 12 nitrogen and oxygen atoms in total. The average Bonchev–Trinajstić information content (AvgIpc) is 2.91. The molecule has 0 bridgehead atoms. The first-order chi connectivity index (χ1) is 17.4. The van der Waals surface area contributed by atoms with Gasteiger partial charge in [-0.05, 0) is 6.07 Å². The number of rotatable bonds is 9. The summed E-state index contributed by atoms with van der Waals surface area (Å²) in [6.07, 6.45) is 0. The Labute approximate surface area is 216 Å². The molecule has 0 spiro atoms. The highest BCUT2D eigenvalue weighted by Gasteiger charge is 2.24. The molecule has 0 saturated carbocycles. The van der Waals surface area contributed by atoms with E-state index in [-0.39, 0.29) is 31.4 Å². The van der Waals surface area contributed by atoms with Gasteiger partial charge in [-0.3, -0.25) is 14.4 Å². The van der Waals surface area contributed by atoms with E-state index in [1.165, 1.54) is 7.11 Å². The fourth-order valence-corrected chi connectivity index (χ4v) is 2.89. The molecule has 2 amide bonds. The monoisotopic (exact) mass is 502 g/mol. The standard InChI is InChI=1S/C14H14N3O.C11H14N6O2/c1-9(8-15)13-7-14(10(2)16-5)12(4)17(18-6)11(13)3;1-8(14-3)10(18)16(5-12)7-17(6-13)11(19)9(2)15-4/h7H,1-2H2,3-4,6H3;1-2,5-7,12-13H2/q+1;. The van der Waals surface area contributed by atoms with E-state index in [0.29, 0.717) is 22.4 Å². The summed E-state index contributed by atoms with van der Waals surface area (Å²) in [5.74, 6) is -1.39. The third kappa shape index (κ3) is 7.88. The molecular weight excluding hydrogens is 474 g/mol. The predicted octanol–water partition coefficient (Wildman–Crippen LogP) is 1.38. The molecule has 4 N–H and O–H groups in total. The van der Waals surface area contributed by atoms with Crippen LogP contribution in [0.1, 0.15) is 22.5 Å². The number of allylic oxidation sites excluding steroid dienone is 1. The van der Waals surface area contributed by atoms with E-state index in [1.54, 1.807) is 10.8 Å². The third-order valence-electron chi connectivity index (χ3n) is 4.89. The molecule has 0 aliphatic rings. The minimum absolute atomic E-state index is 0.221. The zero-order valence-corrected chi connectivity index (χ0v) is 21.0. The molecule has 37 heavy (non-hydrogen) atoms. The van der Waals surface area contributed by atoms with Crippen molar-refractivity contribution in [1.82, 2.24) is 9.80 Å². The molecule has 0 radical (unpaired) electrons. The van der Waals surface area contributed by atoms with Crippen molar-refractivity contribution in [3.05, 3.63) is 101 Å². The van der Waals surface area contributed by atoms with Crippen LogP contribution in [0.5, 0.6) is 0 Å². The highest BCUT2D eigenvalue weighted by atomic mass is 16.6. The van der Waals surface area contributed by atoms with Gasteiger partial charge in [0, 0.05) is 18.6 Å². The Bertz CT molecular complexity index is 1210. The summed E-state index contributed by atoms with van der Waals surface area (Å²) in [6.45, 7) is 37.3. The van der Waals surface area contributed by atoms with Crippen molar-refractivity contribution < 1.29 is 19.2 Å². The van der Waals surface area contributed by atoms with Crippen molar-refractivity contribution in [3.8, 4) is 6.07 Å². The molecule has 12 heteroatoms. The summed E-state index contributed by atoms with van der Waals surface area (Å²) in [5, 5.41) is 8.95. The lowest BCUT2D eigenvalue weighted by molar-refractivity contribution is -0.893. The van der Waals surface area contributed by atoms with Gasteiger partial charge in [0.2, 0.25) is 22.8 Å². The smallest absolute Gasteiger partial charge is 0.254 e. The topological polar surface area (TPSA) is 143 Å². The van der Waals surface area contributed by atoms with Crippen molar-refractivity contribution in [1.29, 1.82) is 5.26 Å². The second-order valence-electron chi connectivity index (χ2n) is 7.08. The maximum atomic E-state index is 11.7. The number of aromatic nitrogens is 1. The van der Waals surface area contributed by atoms with Crippen molar-refractivity contribution >= 4 is 23.1 Å². The van der Waals surface area contributed by atoms with Crippen LogP contribution in [0.25, 0.3) is 25.8 Å². The van der Waals surface area contributed by atoms with E-state index in [2.05, 4.69) is 40.9 Å². The summed E-state index contributed by atoms with van der Waals surface area (Å²) >= 11 is 0. The molecule has 1 aromatic rings. The van der Waals surface area contributed by atoms with E-state index in [0.717, 1.165) is 21.2 Å². The van der Waals surface area contributed by atoms with Gasteiger partial charge in [-0.15, -0.1) is 0 Å². The Morgan fingerprint density at radius 1 is 0.973 bits per heavy atom. The number of nitrogens with two attached hydrogens (primary N) is 2. The molecule has 0 atom stereocenters. The number of pyridine rings is 1. The van der Waals surface area contributed by atoms with Crippen LogP contribution in [0.3, 0.4) is 0 Å². The van der Waals surface area contributed by atoms with Crippen LogP contribution in [0.4, 0.5) is 0 Å². The lowest BCUT2D eigenvalue weighted by Crippen LogP contribution is -2.48. The second-order valence-corrected chi connectivity index (χ2v) is 7.08. The number of hydrogen-bond donors (Lipinski definition) is 2. The van der Waals surface area contributed by atoms with Crippen molar-refractivity contribution in [3.63, 3.8) is 0 Å². The van der Waals surface area contributed by atoms with Gasteiger partial charge in [-0.2, -0.15) is 5.26 Å². The first-order valence-corrected chi connectivity index (χ1v) is 10.3. The lowest BCUT2D eigenvalue weighted by atomic mass is 10.0. The minimum Gasteiger partial charge on any atom is -0.318 e. The van der Waals surface area contributed by atoms with Gasteiger partial charge in [0.1, 0.15) is 7.11 Å². The van der Waals surface area contributed by atoms with Gasteiger partial charge in [-0.1, -0.05) is 26.3 Å². The van der Waals surface area contributed by atoms with Gasteiger partial charge in [0.25, 0.3) is 11.8 Å². The maximum absolute atomic E-state index is 11.7. The summed E-state index contributed by atoms with van der Waals surface area (Å²) in [6, 6.07) is 3.76. The van der Waals surface area contributed by atoms with Crippen LogP contribution in [-0.4, -0.2) is 48.7 Å². The highest BCUT2D eigenvalue weighted by molar-refractivity contribution is 5.96.